The molecule has 0 spiro atoms. The molecule has 0 aromatic heterocycles. The summed E-state index contributed by atoms with van der Waals surface area (Å²) in [5.41, 5.74) is 11.1. The molecule has 22 heavy (non-hydrogen) atoms. The zero-order chi connectivity index (χ0) is 16.7. The van der Waals surface area contributed by atoms with Crippen molar-refractivity contribution in [3.63, 3.8) is 0 Å². The highest BCUT2D eigenvalue weighted by atomic mass is 19.1. The summed E-state index contributed by atoms with van der Waals surface area (Å²) in [5.74, 6) is -2.28. The number of carbonyl (C=O) groups is 2. The Balaban J connectivity index is 2.81. The van der Waals surface area contributed by atoms with Crippen LogP contribution in [0.2, 0.25) is 0 Å². The SMILES string of the molecule is CCN=C(N)C(C(=O)OCC(=O)c1ccccc1F)=C(C)N. The van der Waals surface area contributed by atoms with Gasteiger partial charge in [0.2, 0.25) is 5.78 Å². The van der Waals surface area contributed by atoms with Crippen molar-refractivity contribution in [2.75, 3.05) is 13.2 Å². The van der Waals surface area contributed by atoms with Crippen LogP contribution in [0.5, 0.6) is 0 Å². The quantitative estimate of drug-likeness (QED) is 0.269. The first-order valence-corrected chi connectivity index (χ1v) is 6.60. The summed E-state index contributed by atoms with van der Waals surface area (Å²) in [7, 11) is 0. The van der Waals surface area contributed by atoms with Crippen LogP contribution in [0, 0.1) is 5.82 Å². The minimum atomic E-state index is -0.876. The van der Waals surface area contributed by atoms with Crippen LogP contribution < -0.4 is 11.5 Å². The van der Waals surface area contributed by atoms with Gasteiger partial charge in [-0.1, -0.05) is 12.1 Å². The molecule has 0 unspecified atom stereocenters. The lowest BCUT2D eigenvalue weighted by Gasteiger charge is -2.09. The van der Waals surface area contributed by atoms with Crippen molar-refractivity contribution in [1.82, 2.24) is 0 Å². The van der Waals surface area contributed by atoms with Crippen molar-refractivity contribution in [3.8, 4) is 0 Å². The molecule has 1 rings (SSSR count). The Kier molecular flexibility index (Phi) is 6.25. The number of carbonyl (C=O) groups excluding carboxylic acids is 2. The van der Waals surface area contributed by atoms with E-state index in [1.807, 2.05) is 0 Å². The lowest BCUT2D eigenvalue weighted by molar-refractivity contribution is -0.137. The highest BCUT2D eigenvalue weighted by Crippen LogP contribution is 2.09. The summed E-state index contributed by atoms with van der Waals surface area (Å²) < 4.78 is 18.3. The van der Waals surface area contributed by atoms with Gasteiger partial charge < -0.3 is 16.2 Å². The second-order valence-corrected chi connectivity index (χ2v) is 4.40. The lowest BCUT2D eigenvalue weighted by Crippen LogP contribution is -2.28. The number of halogens is 1. The smallest absolute Gasteiger partial charge is 0.344 e. The molecule has 7 heteroatoms. The number of rotatable bonds is 6. The first-order chi connectivity index (χ1) is 10.4. The maximum absolute atomic E-state index is 13.5. The van der Waals surface area contributed by atoms with Crippen LogP contribution in [0.25, 0.3) is 0 Å². The molecule has 0 radical (unpaired) electrons. The molecule has 0 aliphatic heterocycles. The monoisotopic (exact) mass is 307 g/mol. The number of nitrogens with zero attached hydrogens (tertiary/aromatic N) is 1. The average molecular weight is 307 g/mol. The lowest BCUT2D eigenvalue weighted by atomic mass is 10.1. The molecule has 0 aliphatic carbocycles. The summed E-state index contributed by atoms with van der Waals surface area (Å²) in [6.45, 7) is 2.96. The minimum Gasteiger partial charge on any atom is -0.454 e. The molecule has 118 valence electrons. The maximum Gasteiger partial charge on any atom is 0.344 e. The Bertz CT molecular complexity index is 635. The number of nitrogens with two attached hydrogens (primary N) is 2. The fourth-order valence-corrected chi connectivity index (χ4v) is 1.69. The van der Waals surface area contributed by atoms with Crippen LogP contribution in [0.15, 0.2) is 40.5 Å². The first kappa shape index (κ1) is 17.4. The number of ether oxygens (including phenoxy) is 1. The zero-order valence-corrected chi connectivity index (χ0v) is 12.4. The van der Waals surface area contributed by atoms with E-state index in [-0.39, 0.29) is 22.7 Å². The molecule has 0 aliphatic rings. The number of hydrogen-bond acceptors (Lipinski definition) is 5. The Morgan fingerprint density at radius 1 is 1.27 bits per heavy atom. The molecule has 0 heterocycles. The number of hydrogen-bond donors (Lipinski definition) is 2. The molecule has 0 fully saturated rings. The number of Topliss-reactive ketones (excluding diaryl/α,β-unsaturated/α-hetero) is 1. The molecular formula is C15H18FN3O3. The Morgan fingerprint density at radius 2 is 1.91 bits per heavy atom. The van der Waals surface area contributed by atoms with Gasteiger partial charge in [0.1, 0.15) is 17.2 Å². The number of amidine groups is 1. The Morgan fingerprint density at radius 3 is 2.45 bits per heavy atom. The molecule has 0 amide bonds. The van der Waals surface area contributed by atoms with Crippen molar-refractivity contribution in [2.24, 2.45) is 16.5 Å². The largest absolute Gasteiger partial charge is 0.454 e. The maximum atomic E-state index is 13.5. The van der Waals surface area contributed by atoms with E-state index in [0.717, 1.165) is 6.07 Å². The van der Waals surface area contributed by atoms with E-state index in [9.17, 15) is 14.0 Å². The van der Waals surface area contributed by atoms with Crippen LogP contribution in [-0.2, 0) is 9.53 Å². The van der Waals surface area contributed by atoms with Crippen LogP contribution in [0.1, 0.15) is 24.2 Å². The third-order valence-corrected chi connectivity index (χ3v) is 2.69. The van der Waals surface area contributed by atoms with Crippen LogP contribution in [0.3, 0.4) is 0 Å². The van der Waals surface area contributed by atoms with E-state index in [0.29, 0.717) is 6.54 Å². The number of esters is 1. The van der Waals surface area contributed by atoms with E-state index < -0.39 is 24.2 Å². The van der Waals surface area contributed by atoms with E-state index in [1.54, 1.807) is 6.92 Å². The molecule has 0 atom stereocenters. The third kappa shape index (κ3) is 4.41. The topological polar surface area (TPSA) is 108 Å². The first-order valence-electron chi connectivity index (χ1n) is 6.60. The number of allylic oxidation sites excluding steroid dienone is 1. The van der Waals surface area contributed by atoms with Crippen LogP contribution in [0.4, 0.5) is 4.39 Å². The number of benzene rings is 1. The Hall–Kier alpha value is -2.70. The fraction of sp³-hybridized carbons (Fsp3) is 0.267. The van der Waals surface area contributed by atoms with Crippen molar-refractivity contribution in [1.29, 1.82) is 0 Å². The fourth-order valence-electron chi connectivity index (χ4n) is 1.69. The van der Waals surface area contributed by atoms with Gasteiger partial charge >= 0.3 is 5.97 Å². The third-order valence-electron chi connectivity index (χ3n) is 2.69. The molecule has 4 N–H and O–H groups in total. The van der Waals surface area contributed by atoms with E-state index in [2.05, 4.69) is 4.99 Å². The molecule has 0 saturated heterocycles. The minimum absolute atomic E-state index is 0.0640. The van der Waals surface area contributed by atoms with Gasteiger partial charge in [-0.25, -0.2) is 9.18 Å². The van der Waals surface area contributed by atoms with Crippen LogP contribution >= 0.6 is 0 Å². The molecule has 0 bridgehead atoms. The van der Waals surface area contributed by atoms with Crippen molar-refractivity contribution in [2.45, 2.75) is 13.8 Å². The van der Waals surface area contributed by atoms with Crippen molar-refractivity contribution in [3.05, 3.63) is 46.9 Å². The summed E-state index contributed by atoms with van der Waals surface area (Å²) in [5, 5.41) is 0. The summed E-state index contributed by atoms with van der Waals surface area (Å²) in [6.07, 6.45) is 0. The van der Waals surface area contributed by atoms with Gasteiger partial charge in [-0.2, -0.15) is 0 Å². The van der Waals surface area contributed by atoms with Crippen molar-refractivity contribution < 1.29 is 18.7 Å². The normalized spacial score (nSPS) is 12.6. The van der Waals surface area contributed by atoms with E-state index in [1.165, 1.54) is 25.1 Å². The standard InChI is InChI=1S/C15H18FN3O3/c1-3-19-14(18)13(9(2)17)15(21)22-8-12(20)10-6-4-5-7-11(10)16/h4-7H,3,8,17H2,1-2H3,(H2,18,19). The number of ketones is 1. The molecular weight excluding hydrogens is 289 g/mol. The predicted octanol–water partition coefficient (Wildman–Crippen LogP) is 1.16. The van der Waals surface area contributed by atoms with Crippen LogP contribution in [-0.4, -0.2) is 30.7 Å². The van der Waals surface area contributed by atoms with Gasteiger partial charge in [0.05, 0.1) is 5.56 Å². The zero-order valence-electron chi connectivity index (χ0n) is 12.4. The summed E-state index contributed by atoms with van der Waals surface area (Å²) in [4.78, 5) is 27.7. The summed E-state index contributed by atoms with van der Waals surface area (Å²) in [6, 6.07) is 5.43. The van der Waals surface area contributed by atoms with Gasteiger partial charge in [0.25, 0.3) is 0 Å². The predicted molar refractivity (Wildman–Crippen MR) is 80.7 cm³/mol. The second-order valence-electron chi connectivity index (χ2n) is 4.40. The molecule has 1 aromatic rings. The number of aliphatic imine (C=N–C) groups is 1. The molecule has 1 aromatic carbocycles. The van der Waals surface area contributed by atoms with Gasteiger partial charge in [-0.3, -0.25) is 9.79 Å². The molecule has 6 nitrogen and oxygen atoms in total. The van der Waals surface area contributed by atoms with Gasteiger partial charge in [0, 0.05) is 12.2 Å². The molecule has 0 saturated carbocycles. The average Bonchev–Trinajstić information content (AvgIpc) is 2.45. The van der Waals surface area contributed by atoms with Crippen molar-refractivity contribution >= 4 is 17.6 Å². The Labute approximate surface area is 127 Å². The van der Waals surface area contributed by atoms with Gasteiger partial charge in [0.15, 0.2) is 6.61 Å². The second kappa shape index (κ2) is 7.92. The van der Waals surface area contributed by atoms with Gasteiger partial charge in [-0.15, -0.1) is 0 Å². The van der Waals surface area contributed by atoms with Gasteiger partial charge in [-0.05, 0) is 26.0 Å². The highest BCUT2D eigenvalue weighted by Gasteiger charge is 2.20. The van der Waals surface area contributed by atoms with E-state index >= 15 is 0 Å². The van der Waals surface area contributed by atoms with E-state index in [4.69, 9.17) is 16.2 Å². The highest BCUT2D eigenvalue weighted by molar-refractivity contribution is 6.19. The summed E-state index contributed by atoms with van der Waals surface area (Å²) >= 11 is 0.